The van der Waals surface area contributed by atoms with Crippen molar-refractivity contribution in [1.82, 2.24) is 10.3 Å². The summed E-state index contributed by atoms with van der Waals surface area (Å²) in [6.45, 7) is 1.51. The number of carboxylic acid groups (broad SMARTS) is 1. The molecule has 2 heterocycles. The van der Waals surface area contributed by atoms with Crippen molar-refractivity contribution in [2.24, 2.45) is 5.41 Å². The molecule has 5 nitrogen and oxygen atoms in total. The lowest BCUT2D eigenvalue weighted by Crippen LogP contribution is -2.42. The van der Waals surface area contributed by atoms with E-state index in [0.29, 0.717) is 30.8 Å². The van der Waals surface area contributed by atoms with Crippen LogP contribution in [0.5, 0.6) is 5.75 Å². The average Bonchev–Trinajstić information content (AvgIpc) is 2.82. The van der Waals surface area contributed by atoms with Gasteiger partial charge in [-0.25, -0.2) is 4.98 Å². The number of halogens is 1. The highest BCUT2D eigenvalue weighted by molar-refractivity contribution is 6.30. The van der Waals surface area contributed by atoms with Gasteiger partial charge in [0.1, 0.15) is 10.9 Å². The first-order chi connectivity index (χ1) is 15.5. The Morgan fingerprint density at radius 3 is 2.59 bits per heavy atom. The van der Waals surface area contributed by atoms with Gasteiger partial charge >= 0.3 is 5.97 Å². The van der Waals surface area contributed by atoms with Crippen LogP contribution in [0.2, 0.25) is 5.15 Å². The third kappa shape index (κ3) is 4.74. The third-order valence-corrected chi connectivity index (χ3v) is 6.99. The number of nitrogens with zero attached hydrogens (tertiary/aromatic N) is 1. The largest absolute Gasteiger partial charge is 0.497 e. The van der Waals surface area contributed by atoms with Gasteiger partial charge in [0.15, 0.2) is 0 Å². The number of carbonyl (C=O) groups is 1. The lowest BCUT2D eigenvalue weighted by molar-refractivity contribution is -0.151. The number of hydrogen-bond donors (Lipinski definition) is 2. The van der Waals surface area contributed by atoms with Gasteiger partial charge in [-0.3, -0.25) is 4.79 Å². The van der Waals surface area contributed by atoms with Crippen LogP contribution in [-0.2, 0) is 17.6 Å². The molecule has 1 saturated heterocycles. The molecule has 4 rings (SSSR count). The van der Waals surface area contributed by atoms with E-state index in [1.807, 2.05) is 36.4 Å². The van der Waals surface area contributed by atoms with Crippen molar-refractivity contribution in [3.63, 3.8) is 0 Å². The third-order valence-electron chi connectivity index (χ3n) is 6.68. The van der Waals surface area contributed by atoms with Gasteiger partial charge < -0.3 is 15.2 Å². The highest BCUT2D eigenvalue weighted by Crippen LogP contribution is 2.37. The van der Waals surface area contributed by atoms with Gasteiger partial charge in [-0.05, 0) is 80.1 Å². The molecule has 0 saturated carbocycles. The highest BCUT2D eigenvalue weighted by Gasteiger charge is 2.38. The maximum atomic E-state index is 12.1. The molecule has 0 unspecified atom stereocenters. The van der Waals surface area contributed by atoms with E-state index in [1.165, 1.54) is 5.56 Å². The second-order valence-corrected chi connectivity index (χ2v) is 8.95. The minimum Gasteiger partial charge on any atom is -0.497 e. The van der Waals surface area contributed by atoms with Crippen molar-refractivity contribution < 1.29 is 14.6 Å². The second kappa shape index (κ2) is 9.88. The number of pyridine rings is 1. The predicted octanol–water partition coefficient (Wildman–Crippen LogP) is 5.26. The number of nitrogens with one attached hydrogen (secondary N) is 1. The van der Waals surface area contributed by atoms with Crippen LogP contribution in [0.4, 0.5) is 0 Å². The number of methoxy groups -OCH3 is 1. The Bertz CT molecular complexity index is 1100. The number of piperidine rings is 1. The zero-order valence-corrected chi connectivity index (χ0v) is 19.1. The van der Waals surface area contributed by atoms with E-state index in [2.05, 4.69) is 22.4 Å². The number of rotatable bonds is 8. The number of aryl methyl sites for hydroxylation is 1. The van der Waals surface area contributed by atoms with Gasteiger partial charge in [0.05, 0.1) is 18.0 Å². The van der Waals surface area contributed by atoms with Crippen LogP contribution in [-0.4, -0.2) is 36.3 Å². The molecule has 1 aliphatic rings. The summed E-state index contributed by atoms with van der Waals surface area (Å²) in [7, 11) is 1.66. The van der Waals surface area contributed by atoms with Crippen molar-refractivity contribution in [3.8, 4) is 5.75 Å². The molecule has 1 aliphatic heterocycles. The van der Waals surface area contributed by atoms with E-state index in [4.69, 9.17) is 16.3 Å². The van der Waals surface area contributed by atoms with Gasteiger partial charge in [-0.2, -0.15) is 0 Å². The molecule has 0 aliphatic carbocycles. The quantitative estimate of drug-likeness (QED) is 0.456. The summed E-state index contributed by atoms with van der Waals surface area (Å²) in [4.78, 5) is 16.8. The Kier molecular flexibility index (Phi) is 6.97. The Hall–Kier alpha value is -2.63. The fraction of sp³-hybridized carbons (Fsp3) is 0.385. The first-order valence-electron chi connectivity index (χ1n) is 11.2. The zero-order valence-electron chi connectivity index (χ0n) is 18.4. The van der Waals surface area contributed by atoms with Gasteiger partial charge in [0.25, 0.3) is 0 Å². The number of benzene rings is 2. The molecule has 0 spiro atoms. The first kappa shape index (κ1) is 22.6. The maximum Gasteiger partial charge on any atom is 0.309 e. The summed E-state index contributed by atoms with van der Waals surface area (Å²) in [5, 5.41) is 14.8. The van der Waals surface area contributed by atoms with E-state index in [1.54, 1.807) is 7.11 Å². The molecule has 168 valence electrons. The molecule has 2 aromatic carbocycles. The Morgan fingerprint density at radius 1 is 1.16 bits per heavy atom. The van der Waals surface area contributed by atoms with Crippen LogP contribution < -0.4 is 10.1 Å². The average molecular weight is 453 g/mol. The minimum absolute atomic E-state index is 0.510. The van der Waals surface area contributed by atoms with Crippen molar-refractivity contribution in [3.05, 3.63) is 70.4 Å². The van der Waals surface area contributed by atoms with Crippen LogP contribution in [0.1, 0.15) is 42.4 Å². The van der Waals surface area contributed by atoms with Crippen molar-refractivity contribution in [2.45, 2.75) is 38.5 Å². The van der Waals surface area contributed by atoms with Crippen LogP contribution in [0.25, 0.3) is 10.9 Å². The topological polar surface area (TPSA) is 71.5 Å². The van der Waals surface area contributed by atoms with E-state index in [0.717, 1.165) is 53.7 Å². The summed E-state index contributed by atoms with van der Waals surface area (Å²) in [6, 6.07) is 16.1. The lowest BCUT2D eigenvalue weighted by atomic mass is 9.74. The van der Waals surface area contributed by atoms with E-state index < -0.39 is 11.4 Å². The Balaban J connectivity index is 1.69. The zero-order chi connectivity index (χ0) is 22.6. The number of hydrogen-bond acceptors (Lipinski definition) is 4. The Labute approximate surface area is 193 Å². The molecule has 0 amide bonds. The number of fused-ring (bicyclic) bond motifs is 1. The monoisotopic (exact) mass is 452 g/mol. The Morgan fingerprint density at radius 2 is 1.91 bits per heavy atom. The molecule has 2 N–H and O–H groups in total. The van der Waals surface area contributed by atoms with Crippen molar-refractivity contribution in [1.29, 1.82) is 0 Å². The molecule has 6 heteroatoms. The van der Waals surface area contributed by atoms with Crippen LogP contribution in [0.3, 0.4) is 0 Å². The molecule has 32 heavy (non-hydrogen) atoms. The van der Waals surface area contributed by atoms with Gasteiger partial charge in [0, 0.05) is 11.8 Å². The fourth-order valence-corrected chi connectivity index (χ4v) is 5.06. The van der Waals surface area contributed by atoms with Crippen LogP contribution >= 0.6 is 11.6 Å². The molecule has 0 bridgehead atoms. The lowest BCUT2D eigenvalue weighted by Gasteiger charge is -2.33. The van der Waals surface area contributed by atoms with Gasteiger partial charge in [0.2, 0.25) is 0 Å². The molecule has 0 radical (unpaired) electrons. The summed E-state index contributed by atoms with van der Waals surface area (Å²) >= 11 is 6.69. The molecule has 1 fully saturated rings. The van der Waals surface area contributed by atoms with Crippen molar-refractivity contribution in [2.75, 3.05) is 20.2 Å². The summed E-state index contributed by atoms with van der Waals surface area (Å²) < 4.78 is 5.47. The van der Waals surface area contributed by atoms with Gasteiger partial charge in [-0.1, -0.05) is 41.9 Å². The second-order valence-electron chi connectivity index (χ2n) is 8.59. The molecule has 3 aromatic rings. The van der Waals surface area contributed by atoms with E-state index in [9.17, 15) is 9.90 Å². The summed E-state index contributed by atoms with van der Waals surface area (Å²) in [5.74, 6) is 0.0942. The molecular formula is C26H29ClN2O3. The number of carboxylic acids is 1. The number of aliphatic carboxylic acids is 1. The van der Waals surface area contributed by atoms with E-state index in [-0.39, 0.29) is 0 Å². The van der Waals surface area contributed by atoms with E-state index >= 15 is 0 Å². The number of ether oxygens (including phenoxy) is 1. The number of aromatic nitrogens is 1. The van der Waals surface area contributed by atoms with Crippen LogP contribution in [0.15, 0.2) is 48.5 Å². The first-order valence-corrected chi connectivity index (χ1v) is 11.5. The fourth-order valence-electron chi connectivity index (χ4n) is 4.79. The maximum absolute atomic E-state index is 12.1. The minimum atomic E-state index is -0.678. The summed E-state index contributed by atoms with van der Waals surface area (Å²) in [6.07, 6.45) is 4.20. The normalized spacial score (nSPS) is 15.6. The van der Waals surface area contributed by atoms with Crippen molar-refractivity contribution >= 4 is 28.5 Å². The molecule has 0 atom stereocenters. The molecule has 1 aromatic heterocycles. The highest BCUT2D eigenvalue weighted by atomic mass is 35.5. The molecular weight excluding hydrogens is 424 g/mol. The SMILES string of the molecule is COc1ccc2nc(Cl)c(Cc3ccccc3)c(CCCC3(C(=O)O)CCNCC3)c2c1. The summed E-state index contributed by atoms with van der Waals surface area (Å²) in [5.41, 5.74) is 3.50. The standard InChI is InChI=1S/C26H29ClN2O3/c1-32-19-9-10-23-21(17-19)20(8-5-11-26(25(30)31)12-14-28-15-13-26)22(24(27)29-23)16-18-6-3-2-4-7-18/h2-4,6-7,9-10,17,28H,5,8,11-16H2,1H3,(H,30,31). The van der Waals surface area contributed by atoms with Crippen LogP contribution in [0, 0.1) is 5.41 Å². The van der Waals surface area contributed by atoms with Gasteiger partial charge in [-0.15, -0.1) is 0 Å². The smallest absolute Gasteiger partial charge is 0.309 e. The predicted molar refractivity (Wildman–Crippen MR) is 128 cm³/mol.